The molecule has 31 heavy (non-hydrogen) atoms. The summed E-state index contributed by atoms with van der Waals surface area (Å²) in [5.74, 6) is 2.02. The minimum atomic E-state index is 0.334. The van der Waals surface area contributed by atoms with Gasteiger partial charge in [0.2, 0.25) is 0 Å². The molecular weight excluding hydrogens is 525 g/mol. The Morgan fingerprint density at radius 1 is 1.10 bits per heavy atom. The van der Waals surface area contributed by atoms with Gasteiger partial charge < -0.3 is 14.2 Å². The molecule has 158 valence electrons. The molecule has 0 spiro atoms. The molecule has 0 saturated heterocycles. The number of hydrogen-bond acceptors (Lipinski definition) is 4. The molecule has 0 radical (unpaired) electrons. The van der Waals surface area contributed by atoms with Crippen LogP contribution in [0, 0.1) is 14.9 Å². The van der Waals surface area contributed by atoms with Crippen molar-refractivity contribution in [3.63, 3.8) is 0 Å². The van der Waals surface area contributed by atoms with E-state index in [1.165, 1.54) is 0 Å². The van der Waals surface area contributed by atoms with Crippen LogP contribution in [0.4, 0.5) is 0 Å². The molecule has 0 N–H and O–H groups in total. The summed E-state index contributed by atoms with van der Waals surface area (Å²) in [6.07, 6.45) is 1.84. The highest BCUT2D eigenvalue weighted by Gasteiger charge is 2.13. The lowest BCUT2D eigenvalue weighted by molar-refractivity contribution is 0.267. The molecule has 3 rings (SSSR count). The molecular formula is C25H21ClINO3. The molecule has 0 heterocycles. The molecule has 0 aromatic heterocycles. The number of allylic oxidation sites excluding steroid dienone is 1. The summed E-state index contributed by atoms with van der Waals surface area (Å²) in [5, 5.41) is 10.3. The summed E-state index contributed by atoms with van der Waals surface area (Å²) in [5.41, 5.74) is 3.11. The van der Waals surface area contributed by atoms with Gasteiger partial charge in [0.25, 0.3) is 0 Å². The SMILES string of the molecule is CCOc1cc(/C=C(\C#N)c2ccc(OC)cc2)cc(I)c1OCc1ccccc1Cl. The summed E-state index contributed by atoms with van der Waals surface area (Å²) in [7, 11) is 1.61. The van der Waals surface area contributed by atoms with E-state index in [9.17, 15) is 5.26 Å². The molecule has 0 unspecified atom stereocenters. The van der Waals surface area contributed by atoms with Crippen molar-refractivity contribution in [1.82, 2.24) is 0 Å². The van der Waals surface area contributed by atoms with Crippen molar-refractivity contribution in [2.75, 3.05) is 13.7 Å². The average Bonchev–Trinajstić information content (AvgIpc) is 2.78. The van der Waals surface area contributed by atoms with Crippen LogP contribution in [0.2, 0.25) is 5.02 Å². The fraction of sp³-hybridized carbons (Fsp3) is 0.160. The molecule has 0 aliphatic rings. The zero-order valence-corrected chi connectivity index (χ0v) is 20.1. The smallest absolute Gasteiger partial charge is 0.175 e. The van der Waals surface area contributed by atoms with Crippen molar-refractivity contribution in [2.45, 2.75) is 13.5 Å². The first kappa shape index (κ1) is 23.0. The first-order valence-corrected chi connectivity index (χ1v) is 11.1. The highest BCUT2D eigenvalue weighted by Crippen LogP contribution is 2.36. The van der Waals surface area contributed by atoms with Crippen molar-refractivity contribution in [2.24, 2.45) is 0 Å². The normalized spacial score (nSPS) is 11.0. The minimum absolute atomic E-state index is 0.334. The van der Waals surface area contributed by atoms with E-state index < -0.39 is 0 Å². The summed E-state index contributed by atoms with van der Waals surface area (Å²) in [4.78, 5) is 0. The maximum atomic E-state index is 9.68. The quantitative estimate of drug-likeness (QED) is 0.174. The zero-order valence-electron chi connectivity index (χ0n) is 17.2. The van der Waals surface area contributed by atoms with Crippen LogP contribution in [-0.4, -0.2) is 13.7 Å². The highest BCUT2D eigenvalue weighted by molar-refractivity contribution is 14.1. The number of benzene rings is 3. The lowest BCUT2D eigenvalue weighted by Crippen LogP contribution is -2.02. The van der Waals surface area contributed by atoms with Crippen LogP contribution in [0.3, 0.4) is 0 Å². The van der Waals surface area contributed by atoms with Crippen LogP contribution in [0.5, 0.6) is 17.2 Å². The maximum absolute atomic E-state index is 9.68. The first-order chi connectivity index (χ1) is 15.0. The van der Waals surface area contributed by atoms with E-state index in [0.29, 0.717) is 35.3 Å². The van der Waals surface area contributed by atoms with E-state index in [4.69, 9.17) is 25.8 Å². The molecule has 6 heteroatoms. The molecule has 0 saturated carbocycles. The van der Waals surface area contributed by atoms with E-state index in [-0.39, 0.29) is 0 Å². The van der Waals surface area contributed by atoms with Gasteiger partial charge in [-0.3, -0.25) is 0 Å². The van der Waals surface area contributed by atoms with Crippen molar-refractivity contribution >= 4 is 45.8 Å². The predicted molar refractivity (Wildman–Crippen MR) is 133 cm³/mol. The van der Waals surface area contributed by atoms with Gasteiger partial charge in [0, 0.05) is 10.6 Å². The largest absolute Gasteiger partial charge is 0.497 e. The van der Waals surface area contributed by atoms with Gasteiger partial charge in [0.15, 0.2) is 11.5 Å². The van der Waals surface area contributed by atoms with E-state index in [1.807, 2.05) is 73.7 Å². The predicted octanol–water partition coefficient (Wildman–Crippen LogP) is 7.00. The van der Waals surface area contributed by atoms with Crippen molar-refractivity contribution in [1.29, 1.82) is 5.26 Å². The Kier molecular flexibility index (Phi) is 8.21. The fourth-order valence-corrected chi connectivity index (χ4v) is 3.93. The van der Waals surface area contributed by atoms with E-state index in [2.05, 4.69) is 28.7 Å². The van der Waals surface area contributed by atoms with Crippen LogP contribution < -0.4 is 14.2 Å². The lowest BCUT2D eigenvalue weighted by atomic mass is 10.0. The minimum Gasteiger partial charge on any atom is -0.497 e. The van der Waals surface area contributed by atoms with Crippen LogP contribution in [0.25, 0.3) is 11.6 Å². The van der Waals surface area contributed by atoms with E-state index in [1.54, 1.807) is 7.11 Å². The van der Waals surface area contributed by atoms with Gasteiger partial charge in [-0.15, -0.1) is 0 Å². The molecule has 0 bridgehead atoms. The third-order valence-corrected chi connectivity index (χ3v) is 5.66. The number of rotatable bonds is 8. The summed E-state index contributed by atoms with van der Waals surface area (Å²) in [6, 6.07) is 21.1. The van der Waals surface area contributed by atoms with Crippen LogP contribution >= 0.6 is 34.2 Å². The summed E-state index contributed by atoms with van der Waals surface area (Å²) >= 11 is 8.47. The average molecular weight is 546 g/mol. The Hall–Kier alpha value is -2.69. The fourth-order valence-electron chi connectivity index (χ4n) is 2.96. The summed E-state index contributed by atoms with van der Waals surface area (Å²) < 4.78 is 18.0. The third-order valence-electron chi connectivity index (χ3n) is 4.49. The first-order valence-electron chi connectivity index (χ1n) is 9.64. The van der Waals surface area contributed by atoms with Gasteiger partial charge in [0.1, 0.15) is 12.4 Å². The van der Waals surface area contributed by atoms with Crippen molar-refractivity contribution in [3.8, 4) is 23.3 Å². The molecule has 0 amide bonds. The van der Waals surface area contributed by atoms with Gasteiger partial charge in [-0.1, -0.05) is 29.8 Å². The van der Waals surface area contributed by atoms with Crippen molar-refractivity contribution < 1.29 is 14.2 Å². The number of methoxy groups -OCH3 is 1. The Bertz CT molecular complexity index is 1120. The molecule has 3 aromatic rings. The standard InChI is InChI=1S/C25H21ClINO3/c1-3-30-24-14-17(12-20(15-28)18-8-10-21(29-2)11-9-18)13-23(27)25(24)31-16-19-6-4-5-7-22(19)26/h4-14H,3,16H2,1-2H3/b20-12+. The zero-order chi connectivity index (χ0) is 22.2. The van der Waals surface area contributed by atoms with Crippen LogP contribution in [0.1, 0.15) is 23.6 Å². The van der Waals surface area contributed by atoms with Gasteiger partial charge in [0.05, 0.1) is 28.9 Å². The third kappa shape index (κ3) is 5.93. The van der Waals surface area contributed by atoms with Crippen LogP contribution in [-0.2, 0) is 6.61 Å². The molecule has 0 fully saturated rings. The summed E-state index contributed by atoms with van der Waals surface area (Å²) in [6.45, 7) is 2.75. The second-order valence-electron chi connectivity index (χ2n) is 6.54. The number of nitriles is 1. The second-order valence-corrected chi connectivity index (χ2v) is 8.11. The number of hydrogen-bond donors (Lipinski definition) is 0. The number of nitrogens with zero attached hydrogens (tertiary/aromatic N) is 1. The Labute approximate surface area is 201 Å². The van der Waals surface area contributed by atoms with Gasteiger partial charge in [-0.05, 0) is 89.2 Å². The molecule has 3 aromatic carbocycles. The molecule has 0 atom stereocenters. The topological polar surface area (TPSA) is 51.5 Å². The lowest BCUT2D eigenvalue weighted by Gasteiger charge is -2.15. The van der Waals surface area contributed by atoms with Gasteiger partial charge in [-0.2, -0.15) is 5.26 Å². The Morgan fingerprint density at radius 2 is 1.84 bits per heavy atom. The van der Waals surface area contributed by atoms with E-state index >= 15 is 0 Å². The molecule has 0 aliphatic heterocycles. The Balaban J connectivity index is 1.92. The number of halogens is 2. The number of ether oxygens (including phenoxy) is 3. The monoisotopic (exact) mass is 545 g/mol. The van der Waals surface area contributed by atoms with E-state index in [0.717, 1.165) is 26.0 Å². The second kappa shape index (κ2) is 11.1. The Morgan fingerprint density at radius 3 is 2.48 bits per heavy atom. The van der Waals surface area contributed by atoms with Gasteiger partial charge in [-0.25, -0.2) is 0 Å². The van der Waals surface area contributed by atoms with Crippen molar-refractivity contribution in [3.05, 3.63) is 85.9 Å². The molecule has 0 aliphatic carbocycles. The molecule has 4 nitrogen and oxygen atoms in total. The van der Waals surface area contributed by atoms with Gasteiger partial charge >= 0.3 is 0 Å². The highest BCUT2D eigenvalue weighted by atomic mass is 127. The maximum Gasteiger partial charge on any atom is 0.175 e. The van der Waals surface area contributed by atoms with Crippen LogP contribution in [0.15, 0.2) is 60.7 Å².